The van der Waals surface area contributed by atoms with Gasteiger partial charge in [-0.1, -0.05) is 34.6 Å². The first-order valence-corrected chi connectivity index (χ1v) is 14.0. The smallest absolute Gasteiger partial charge is 0.0880 e. The molecule has 4 unspecified atom stereocenters. The molecule has 6 fully saturated rings. The normalized spacial score (nSPS) is 60.9. The minimum Gasteiger partial charge on any atom is -0.393 e. The van der Waals surface area contributed by atoms with Crippen LogP contribution in [0.3, 0.4) is 0 Å². The zero-order valence-corrected chi connectivity index (χ0v) is 22.2. The third kappa shape index (κ3) is 2.53. The summed E-state index contributed by atoms with van der Waals surface area (Å²) >= 11 is 0. The van der Waals surface area contributed by atoms with Crippen LogP contribution in [0.1, 0.15) is 86.0 Å². The Morgan fingerprint density at radius 2 is 1.58 bits per heavy atom. The lowest BCUT2D eigenvalue weighted by molar-refractivity contribution is -0.182. The van der Waals surface area contributed by atoms with Crippen LogP contribution in [0.4, 0.5) is 0 Å². The van der Waals surface area contributed by atoms with Crippen molar-refractivity contribution in [2.24, 2.45) is 50.7 Å². The van der Waals surface area contributed by atoms with Crippen LogP contribution in [0.25, 0.3) is 0 Å². The van der Waals surface area contributed by atoms with Gasteiger partial charge < -0.3 is 19.8 Å². The lowest BCUT2D eigenvalue weighted by Gasteiger charge is -2.63. The zero-order valence-electron chi connectivity index (χ0n) is 22.2. The van der Waals surface area contributed by atoms with Crippen LogP contribution in [-0.4, -0.2) is 60.2 Å². The topological polar surface area (TPSA) is 52.9 Å². The maximum atomic E-state index is 12.1. The first kappa shape index (κ1) is 23.3. The minimum atomic E-state index is -0.363. The van der Waals surface area contributed by atoms with E-state index in [-0.39, 0.29) is 40.7 Å². The predicted octanol–water partition coefficient (Wildman–Crippen LogP) is 4.72. The van der Waals surface area contributed by atoms with Crippen molar-refractivity contribution in [3.05, 3.63) is 0 Å². The lowest BCUT2D eigenvalue weighted by atomic mass is 9.41. The Balaban J connectivity index is 1.37. The minimum absolute atomic E-state index is 0.0131. The van der Waals surface area contributed by atoms with Gasteiger partial charge in [0.05, 0.1) is 24.4 Å². The van der Waals surface area contributed by atoms with Crippen LogP contribution in [-0.2, 0) is 4.74 Å². The summed E-state index contributed by atoms with van der Waals surface area (Å²) in [6.07, 6.45) is 9.34. The molecule has 4 nitrogen and oxygen atoms in total. The highest BCUT2D eigenvalue weighted by molar-refractivity contribution is 5.32. The van der Waals surface area contributed by atoms with Gasteiger partial charge in [-0.3, -0.25) is 0 Å². The summed E-state index contributed by atoms with van der Waals surface area (Å²) < 4.78 is 6.78. The molecule has 0 radical (unpaired) electrons. The molecule has 0 bridgehead atoms. The van der Waals surface area contributed by atoms with Crippen LogP contribution in [0.5, 0.6) is 0 Å². The molecule has 1 saturated heterocycles. The van der Waals surface area contributed by atoms with E-state index in [4.69, 9.17) is 4.74 Å². The Labute approximate surface area is 201 Å². The van der Waals surface area contributed by atoms with Crippen molar-refractivity contribution in [2.45, 2.75) is 110 Å². The van der Waals surface area contributed by atoms with E-state index >= 15 is 0 Å². The van der Waals surface area contributed by atoms with Gasteiger partial charge in [0.1, 0.15) is 0 Å². The van der Waals surface area contributed by atoms with E-state index in [0.717, 1.165) is 19.4 Å². The summed E-state index contributed by atoms with van der Waals surface area (Å²) in [5.41, 5.74) is 0.902. The molecule has 0 aromatic carbocycles. The van der Waals surface area contributed by atoms with Gasteiger partial charge in [0, 0.05) is 12.0 Å². The molecule has 5 saturated carbocycles. The van der Waals surface area contributed by atoms with Crippen molar-refractivity contribution in [1.82, 2.24) is 4.90 Å². The van der Waals surface area contributed by atoms with Gasteiger partial charge in [-0.15, -0.1) is 0 Å². The van der Waals surface area contributed by atoms with Crippen molar-refractivity contribution in [1.29, 1.82) is 0 Å². The number of hydrogen-bond donors (Lipinski definition) is 2. The molecule has 6 rings (SSSR count). The summed E-state index contributed by atoms with van der Waals surface area (Å²) in [6, 6.07) is 0. The van der Waals surface area contributed by atoms with Crippen molar-refractivity contribution in [2.75, 3.05) is 20.6 Å². The Morgan fingerprint density at radius 1 is 0.909 bits per heavy atom. The summed E-state index contributed by atoms with van der Waals surface area (Å²) in [7, 11) is 4.26. The van der Waals surface area contributed by atoms with Gasteiger partial charge in [-0.05, 0) is 111 Å². The first-order valence-electron chi connectivity index (χ1n) is 14.0. The highest BCUT2D eigenvalue weighted by Gasteiger charge is 2.84. The fourth-order valence-corrected chi connectivity index (χ4v) is 11.9. The van der Waals surface area contributed by atoms with Crippen molar-refractivity contribution in [3.8, 4) is 0 Å². The molecule has 1 heterocycles. The summed E-state index contributed by atoms with van der Waals surface area (Å²) in [4.78, 5) is 2.24. The molecule has 0 amide bonds. The molecule has 6 aliphatic rings. The number of aliphatic hydroxyl groups is 2. The molecule has 4 heteroatoms. The highest BCUT2D eigenvalue weighted by Crippen LogP contribution is 2.89. The zero-order chi connectivity index (χ0) is 23.8. The Morgan fingerprint density at radius 3 is 2.27 bits per heavy atom. The SMILES string of the molecule is C[C@@H]1CC(CN(C)C)OC2[C@H]1[C@@]1(C)CC[C@@]34C[C@@]35CCC(O)C(C)(C)[C@@H]5CCC4[C@]1(C)[C@H]2O. The molecule has 2 spiro atoms. The molecule has 12 atom stereocenters. The van der Waals surface area contributed by atoms with Gasteiger partial charge in [0.25, 0.3) is 0 Å². The van der Waals surface area contributed by atoms with Gasteiger partial charge in [-0.2, -0.15) is 0 Å². The fourth-order valence-electron chi connectivity index (χ4n) is 11.9. The summed E-state index contributed by atoms with van der Waals surface area (Å²) in [5, 5.41) is 23.0. The Kier molecular flexibility index (Phi) is 4.78. The monoisotopic (exact) mass is 459 g/mol. The average Bonchev–Trinajstić information content (AvgIpc) is 3.36. The third-order valence-corrected chi connectivity index (χ3v) is 13.4. The van der Waals surface area contributed by atoms with Crippen molar-refractivity contribution >= 4 is 0 Å². The van der Waals surface area contributed by atoms with Crippen LogP contribution < -0.4 is 0 Å². The van der Waals surface area contributed by atoms with E-state index in [2.05, 4.69) is 53.6 Å². The van der Waals surface area contributed by atoms with Gasteiger partial charge in [-0.25, -0.2) is 0 Å². The number of ether oxygens (including phenoxy) is 1. The van der Waals surface area contributed by atoms with Crippen LogP contribution in [0, 0.1) is 50.7 Å². The Hall–Kier alpha value is -0.160. The van der Waals surface area contributed by atoms with E-state index in [1.165, 1.54) is 38.5 Å². The Bertz CT molecular complexity index is 828. The van der Waals surface area contributed by atoms with Crippen molar-refractivity contribution in [3.63, 3.8) is 0 Å². The number of fused-ring (bicyclic) bond motifs is 4. The van der Waals surface area contributed by atoms with Crippen molar-refractivity contribution < 1.29 is 14.9 Å². The molecule has 0 aromatic rings. The highest BCUT2D eigenvalue weighted by atomic mass is 16.5. The maximum Gasteiger partial charge on any atom is 0.0880 e. The predicted molar refractivity (Wildman–Crippen MR) is 131 cm³/mol. The van der Waals surface area contributed by atoms with Crippen LogP contribution in [0.15, 0.2) is 0 Å². The fraction of sp³-hybridized carbons (Fsp3) is 1.00. The molecule has 1 aliphatic heterocycles. The molecule has 188 valence electrons. The van der Waals surface area contributed by atoms with Gasteiger partial charge >= 0.3 is 0 Å². The number of likely N-dealkylation sites (N-methyl/N-ethyl adjacent to an activating group) is 1. The molecular formula is C29H49NO3. The van der Waals surface area contributed by atoms with E-state index in [9.17, 15) is 10.2 Å². The molecule has 33 heavy (non-hydrogen) atoms. The largest absolute Gasteiger partial charge is 0.393 e. The third-order valence-electron chi connectivity index (χ3n) is 13.4. The average molecular weight is 460 g/mol. The standard InChI is InChI=1S/C29H49NO3/c1-17-14-18(15-30(6)7)33-23-22(17)26(4)12-13-29-16-28(29)11-10-21(31)25(2,3)19(28)8-9-20(29)27(26,5)24(23)32/h17-24,31-32H,8-16H2,1-7H3/t17-,18?,19+,20?,21?,22+,23?,24+,26-,27-,28-,29+/m1/s1. The first-order chi connectivity index (χ1) is 15.3. The second-order valence-corrected chi connectivity index (χ2v) is 14.9. The second kappa shape index (κ2) is 6.78. The molecular weight excluding hydrogens is 410 g/mol. The van der Waals surface area contributed by atoms with E-state index < -0.39 is 0 Å². The number of hydrogen-bond acceptors (Lipinski definition) is 4. The summed E-state index contributed by atoms with van der Waals surface area (Å²) in [5.74, 6) is 2.29. The van der Waals surface area contributed by atoms with Crippen LogP contribution >= 0.6 is 0 Å². The number of rotatable bonds is 2. The summed E-state index contributed by atoms with van der Waals surface area (Å²) in [6.45, 7) is 13.1. The second-order valence-electron chi connectivity index (χ2n) is 14.9. The maximum absolute atomic E-state index is 12.1. The van der Waals surface area contributed by atoms with E-state index in [1.54, 1.807) is 0 Å². The lowest BCUT2D eigenvalue weighted by Crippen LogP contribution is -2.59. The van der Waals surface area contributed by atoms with Gasteiger partial charge in [0.2, 0.25) is 0 Å². The molecule has 5 aliphatic carbocycles. The molecule has 0 aromatic heterocycles. The quantitative estimate of drug-likeness (QED) is 0.627. The number of nitrogens with zero attached hydrogens (tertiary/aromatic N) is 1. The van der Waals surface area contributed by atoms with E-state index in [1.807, 2.05) is 0 Å². The molecule has 2 N–H and O–H groups in total. The van der Waals surface area contributed by atoms with Gasteiger partial charge in [0.15, 0.2) is 0 Å². The number of aliphatic hydroxyl groups excluding tert-OH is 2. The van der Waals surface area contributed by atoms with E-state index in [0.29, 0.717) is 34.5 Å². The van der Waals surface area contributed by atoms with Crippen LogP contribution in [0.2, 0.25) is 0 Å².